The van der Waals surface area contributed by atoms with E-state index in [9.17, 15) is 14.9 Å². The van der Waals surface area contributed by atoms with Gasteiger partial charge in [0, 0.05) is 23.7 Å². The minimum atomic E-state index is -0.509. The summed E-state index contributed by atoms with van der Waals surface area (Å²) >= 11 is 0. The lowest BCUT2D eigenvalue weighted by Gasteiger charge is -2.11. The number of carbonyl (C=O) groups excluding carboxylic acids is 1. The first-order valence-corrected chi connectivity index (χ1v) is 5.12. The molecule has 0 aromatic heterocycles. The average molecular weight is 238 g/mol. The third-order valence-corrected chi connectivity index (χ3v) is 2.32. The molecule has 0 spiro atoms. The van der Waals surface area contributed by atoms with Crippen molar-refractivity contribution in [2.24, 2.45) is 0 Å². The normalized spacial score (nSPS) is 11.9. The van der Waals surface area contributed by atoms with Crippen molar-refractivity contribution in [3.8, 4) is 0 Å². The van der Waals surface area contributed by atoms with Gasteiger partial charge in [-0.2, -0.15) is 0 Å². The van der Waals surface area contributed by atoms with Crippen LogP contribution >= 0.6 is 0 Å². The molecule has 0 radical (unpaired) electrons. The summed E-state index contributed by atoms with van der Waals surface area (Å²) in [6.45, 7) is 3.14. The van der Waals surface area contributed by atoms with Gasteiger partial charge in [0.1, 0.15) is 0 Å². The predicted molar refractivity (Wildman–Crippen MR) is 61.8 cm³/mol. The summed E-state index contributed by atoms with van der Waals surface area (Å²) in [6, 6.07) is 3.69. The highest BCUT2D eigenvalue weighted by atomic mass is 16.6. The van der Waals surface area contributed by atoms with Crippen LogP contribution < -0.4 is 5.32 Å². The number of hydrogen-bond acceptors (Lipinski definition) is 4. The topological polar surface area (TPSA) is 92.5 Å². The fraction of sp³-hybridized carbons (Fsp3) is 0.364. The number of benzene rings is 1. The number of nitro groups is 1. The van der Waals surface area contributed by atoms with Crippen LogP contribution in [0.15, 0.2) is 18.2 Å². The maximum absolute atomic E-state index is 11.7. The van der Waals surface area contributed by atoms with Crippen LogP contribution in [0.2, 0.25) is 0 Å². The van der Waals surface area contributed by atoms with Gasteiger partial charge < -0.3 is 10.4 Å². The minimum Gasteiger partial charge on any atom is -0.394 e. The largest absolute Gasteiger partial charge is 0.394 e. The molecule has 1 aromatic carbocycles. The maximum Gasteiger partial charge on any atom is 0.269 e. The van der Waals surface area contributed by atoms with Crippen LogP contribution in [0.25, 0.3) is 0 Å². The number of aliphatic hydroxyl groups is 1. The number of nitrogens with one attached hydrogen (secondary N) is 1. The van der Waals surface area contributed by atoms with Crippen LogP contribution in [0.1, 0.15) is 22.8 Å². The van der Waals surface area contributed by atoms with Crippen LogP contribution in [-0.4, -0.2) is 28.6 Å². The fourth-order valence-electron chi connectivity index (χ4n) is 1.36. The first-order valence-electron chi connectivity index (χ1n) is 5.12. The number of rotatable bonds is 4. The third kappa shape index (κ3) is 3.25. The molecule has 0 unspecified atom stereocenters. The Morgan fingerprint density at radius 2 is 2.24 bits per heavy atom. The van der Waals surface area contributed by atoms with Gasteiger partial charge in [0.2, 0.25) is 0 Å². The average Bonchev–Trinajstić information content (AvgIpc) is 2.28. The van der Waals surface area contributed by atoms with E-state index in [1.807, 2.05) is 0 Å². The molecule has 0 fully saturated rings. The number of aliphatic hydroxyl groups excluding tert-OH is 1. The number of hydrogen-bond donors (Lipinski definition) is 2. The first-order chi connectivity index (χ1) is 7.95. The van der Waals surface area contributed by atoms with Gasteiger partial charge in [-0.15, -0.1) is 0 Å². The molecule has 1 amide bonds. The molecule has 92 valence electrons. The molecule has 0 heterocycles. The summed E-state index contributed by atoms with van der Waals surface area (Å²) in [4.78, 5) is 21.7. The van der Waals surface area contributed by atoms with Gasteiger partial charge in [0.15, 0.2) is 0 Å². The van der Waals surface area contributed by atoms with Crippen LogP contribution in [0.3, 0.4) is 0 Å². The van der Waals surface area contributed by atoms with Crippen LogP contribution in [0.4, 0.5) is 5.69 Å². The Morgan fingerprint density at radius 3 is 2.71 bits per heavy atom. The molecule has 0 aliphatic heterocycles. The summed E-state index contributed by atoms with van der Waals surface area (Å²) in [6.07, 6.45) is 0. The lowest BCUT2D eigenvalue weighted by molar-refractivity contribution is -0.384. The number of carbonyl (C=O) groups is 1. The summed E-state index contributed by atoms with van der Waals surface area (Å²) in [5, 5.41) is 21.9. The lowest BCUT2D eigenvalue weighted by Crippen LogP contribution is -2.35. The van der Waals surface area contributed by atoms with Gasteiger partial charge in [-0.3, -0.25) is 14.9 Å². The first kappa shape index (κ1) is 13.1. The molecule has 0 aliphatic carbocycles. The summed E-state index contributed by atoms with van der Waals surface area (Å²) in [5.41, 5.74) is 0.854. The van der Waals surface area contributed by atoms with Gasteiger partial charge in [0.05, 0.1) is 11.5 Å². The van der Waals surface area contributed by atoms with E-state index >= 15 is 0 Å². The van der Waals surface area contributed by atoms with Crippen molar-refractivity contribution in [3.63, 3.8) is 0 Å². The smallest absolute Gasteiger partial charge is 0.269 e. The van der Waals surface area contributed by atoms with E-state index < -0.39 is 4.92 Å². The van der Waals surface area contributed by atoms with Crippen LogP contribution in [-0.2, 0) is 0 Å². The second-order valence-corrected chi connectivity index (χ2v) is 3.81. The van der Waals surface area contributed by atoms with Crippen molar-refractivity contribution < 1.29 is 14.8 Å². The molecule has 1 aromatic rings. The minimum absolute atomic E-state index is 0.0470. The molecule has 0 saturated heterocycles. The summed E-state index contributed by atoms with van der Waals surface area (Å²) < 4.78 is 0. The zero-order valence-electron chi connectivity index (χ0n) is 9.64. The molecular formula is C11H14N2O4. The predicted octanol–water partition coefficient (Wildman–Crippen LogP) is 1.01. The number of amides is 1. The Bertz CT molecular complexity index is 445. The van der Waals surface area contributed by atoms with Crippen molar-refractivity contribution in [2.75, 3.05) is 6.61 Å². The van der Waals surface area contributed by atoms with Crippen LogP contribution in [0.5, 0.6) is 0 Å². The summed E-state index contributed by atoms with van der Waals surface area (Å²) in [7, 11) is 0. The molecule has 2 N–H and O–H groups in total. The van der Waals surface area contributed by atoms with Gasteiger partial charge in [0.25, 0.3) is 11.6 Å². The van der Waals surface area contributed by atoms with E-state index in [1.54, 1.807) is 13.8 Å². The highest BCUT2D eigenvalue weighted by molar-refractivity contribution is 5.96. The molecule has 0 saturated carbocycles. The van der Waals surface area contributed by atoms with E-state index in [1.165, 1.54) is 18.2 Å². The number of nitrogens with zero attached hydrogens (tertiary/aromatic N) is 1. The SMILES string of the molecule is Cc1cc([N+](=O)[O-])ccc1C(=O)N[C@H](C)CO. The maximum atomic E-state index is 11.7. The van der Waals surface area contributed by atoms with Crippen molar-refractivity contribution in [3.05, 3.63) is 39.4 Å². The Hall–Kier alpha value is -1.95. The van der Waals surface area contributed by atoms with Gasteiger partial charge in [-0.25, -0.2) is 0 Å². The molecule has 1 atom stereocenters. The molecule has 17 heavy (non-hydrogen) atoms. The molecule has 0 aliphatic rings. The van der Waals surface area contributed by atoms with E-state index in [4.69, 9.17) is 5.11 Å². The van der Waals surface area contributed by atoms with Crippen molar-refractivity contribution in [2.45, 2.75) is 19.9 Å². The fourth-order valence-corrected chi connectivity index (χ4v) is 1.36. The monoisotopic (exact) mass is 238 g/mol. The zero-order valence-corrected chi connectivity index (χ0v) is 9.64. The molecule has 1 rings (SSSR count). The Kier molecular flexibility index (Phi) is 4.17. The Balaban J connectivity index is 2.92. The van der Waals surface area contributed by atoms with Crippen molar-refractivity contribution in [1.29, 1.82) is 0 Å². The zero-order chi connectivity index (χ0) is 13.0. The van der Waals surface area contributed by atoms with Crippen molar-refractivity contribution in [1.82, 2.24) is 5.32 Å². The molecular weight excluding hydrogens is 224 g/mol. The lowest BCUT2D eigenvalue weighted by atomic mass is 10.1. The second kappa shape index (κ2) is 5.40. The van der Waals surface area contributed by atoms with Crippen molar-refractivity contribution >= 4 is 11.6 Å². The molecule has 6 heteroatoms. The Morgan fingerprint density at radius 1 is 1.59 bits per heavy atom. The van der Waals surface area contributed by atoms with E-state index in [0.717, 1.165) is 0 Å². The second-order valence-electron chi connectivity index (χ2n) is 3.81. The standard InChI is InChI=1S/C11H14N2O4/c1-7-5-9(13(16)17)3-4-10(7)11(15)12-8(2)6-14/h3-5,8,14H,6H2,1-2H3,(H,12,15)/t8-/m1/s1. The van der Waals surface area contributed by atoms with Crippen LogP contribution in [0, 0.1) is 17.0 Å². The quantitative estimate of drug-likeness (QED) is 0.605. The number of aryl methyl sites for hydroxylation is 1. The highest BCUT2D eigenvalue weighted by Crippen LogP contribution is 2.17. The van der Waals surface area contributed by atoms with E-state index in [0.29, 0.717) is 11.1 Å². The molecule has 0 bridgehead atoms. The molecule has 6 nitrogen and oxygen atoms in total. The number of non-ortho nitro benzene ring substituents is 1. The summed E-state index contributed by atoms with van der Waals surface area (Å²) in [5.74, 6) is -0.348. The van der Waals surface area contributed by atoms with Gasteiger partial charge in [-0.1, -0.05) is 0 Å². The number of nitro benzene ring substituents is 1. The van der Waals surface area contributed by atoms with Gasteiger partial charge in [-0.05, 0) is 25.5 Å². The van der Waals surface area contributed by atoms with Gasteiger partial charge >= 0.3 is 0 Å². The third-order valence-electron chi connectivity index (χ3n) is 2.32. The van der Waals surface area contributed by atoms with E-state index in [-0.39, 0.29) is 24.2 Å². The highest BCUT2D eigenvalue weighted by Gasteiger charge is 2.14. The Labute approximate surface area is 98.4 Å². The van der Waals surface area contributed by atoms with E-state index in [2.05, 4.69) is 5.32 Å².